The minimum absolute atomic E-state index is 0.220. The molecule has 0 bridgehead atoms. The molecule has 0 aromatic rings. The van der Waals surface area contributed by atoms with Gasteiger partial charge in [-0.2, -0.15) is 0 Å². The van der Waals surface area contributed by atoms with Gasteiger partial charge < -0.3 is 15.3 Å². The highest BCUT2D eigenvalue weighted by Gasteiger charge is 2.33. The maximum absolute atomic E-state index is 12.9. The van der Waals surface area contributed by atoms with Gasteiger partial charge in [-0.3, -0.25) is 4.79 Å². The van der Waals surface area contributed by atoms with E-state index in [4.69, 9.17) is 5.11 Å². The van der Waals surface area contributed by atoms with Crippen LogP contribution in [0.1, 0.15) is 51.9 Å². The standard InChI is InChI=1S/C17H32N2O2/c1-2-4-16(15-5-3-9-18-13-15)17(21)19-10-6-14(7-11-19)8-12-20/h14-16,18,20H,2-13H2,1H3. The van der Waals surface area contributed by atoms with Gasteiger partial charge in [0.1, 0.15) is 0 Å². The molecule has 2 aliphatic rings. The van der Waals surface area contributed by atoms with Crippen molar-refractivity contribution in [1.82, 2.24) is 10.2 Å². The molecule has 2 saturated heterocycles. The Morgan fingerprint density at radius 1 is 1.33 bits per heavy atom. The number of nitrogens with one attached hydrogen (secondary N) is 1. The molecule has 2 aliphatic heterocycles. The van der Waals surface area contributed by atoms with Gasteiger partial charge in [0.25, 0.3) is 0 Å². The first-order valence-electron chi connectivity index (χ1n) is 8.86. The van der Waals surface area contributed by atoms with Gasteiger partial charge in [-0.1, -0.05) is 13.3 Å². The van der Waals surface area contributed by atoms with E-state index in [1.807, 2.05) is 0 Å². The minimum Gasteiger partial charge on any atom is -0.396 e. The third-order valence-corrected chi connectivity index (χ3v) is 5.28. The van der Waals surface area contributed by atoms with E-state index in [0.717, 1.165) is 58.3 Å². The summed E-state index contributed by atoms with van der Waals surface area (Å²) in [5.74, 6) is 1.76. The van der Waals surface area contributed by atoms with Crippen LogP contribution < -0.4 is 5.32 Å². The Hall–Kier alpha value is -0.610. The van der Waals surface area contributed by atoms with Crippen LogP contribution in [0.2, 0.25) is 0 Å². The molecule has 0 aromatic heterocycles. The van der Waals surface area contributed by atoms with Crippen LogP contribution in [0.5, 0.6) is 0 Å². The Balaban J connectivity index is 1.89. The van der Waals surface area contributed by atoms with E-state index in [-0.39, 0.29) is 12.5 Å². The molecule has 2 unspecified atom stereocenters. The highest BCUT2D eigenvalue weighted by atomic mass is 16.3. The SMILES string of the molecule is CCCC(C(=O)N1CCC(CCO)CC1)C1CCCNC1. The molecule has 2 N–H and O–H groups in total. The van der Waals surface area contributed by atoms with E-state index < -0.39 is 0 Å². The van der Waals surface area contributed by atoms with Crippen LogP contribution in [0.15, 0.2) is 0 Å². The van der Waals surface area contributed by atoms with Crippen LogP contribution >= 0.6 is 0 Å². The fraction of sp³-hybridized carbons (Fsp3) is 0.941. The zero-order chi connectivity index (χ0) is 15.1. The second kappa shape index (κ2) is 8.74. The number of likely N-dealkylation sites (tertiary alicyclic amines) is 1. The number of carbonyl (C=O) groups is 1. The molecule has 0 saturated carbocycles. The molecule has 4 heteroatoms. The van der Waals surface area contributed by atoms with Crippen molar-refractivity contribution < 1.29 is 9.90 Å². The zero-order valence-electron chi connectivity index (χ0n) is 13.5. The molecule has 0 spiro atoms. The highest BCUT2D eigenvalue weighted by Crippen LogP contribution is 2.28. The molecule has 0 aliphatic carbocycles. The van der Waals surface area contributed by atoms with E-state index in [0.29, 0.717) is 17.7 Å². The van der Waals surface area contributed by atoms with Crippen molar-refractivity contribution in [3.8, 4) is 0 Å². The van der Waals surface area contributed by atoms with Crippen molar-refractivity contribution in [3.63, 3.8) is 0 Å². The summed E-state index contributed by atoms with van der Waals surface area (Å²) in [6.45, 7) is 6.37. The van der Waals surface area contributed by atoms with Crippen molar-refractivity contribution in [1.29, 1.82) is 0 Å². The lowest BCUT2D eigenvalue weighted by Crippen LogP contribution is -2.46. The maximum atomic E-state index is 12.9. The average Bonchev–Trinajstić information content (AvgIpc) is 2.54. The number of hydrogen-bond donors (Lipinski definition) is 2. The molecule has 1 amide bonds. The third kappa shape index (κ3) is 4.68. The summed E-state index contributed by atoms with van der Waals surface area (Å²) in [5.41, 5.74) is 0. The Morgan fingerprint density at radius 3 is 2.67 bits per heavy atom. The highest BCUT2D eigenvalue weighted by molar-refractivity contribution is 5.79. The fourth-order valence-corrected chi connectivity index (χ4v) is 3.95. The van der Waals surface area contributed by atoms with Gasteiger partial charge in [-0.05, 0) is 63.5 Å². The van der Waals surface area contributed by atoms with E-state index in [1.165, 1.54) is 12.8 Å². The van der Waals surface area contributed by atoms with Crippen molar-refractivity contribution in [3.05, 3.63) is 0 Å². The molecule has 2 rings (SSSR count). The van der Waals surface area contributed by atoms with E-state index in [9.17, 15) is 4.79 Å². The number of amides is 1. The topological polar surface area (TPSA) is 52.6 Å². The van der Waals surface area contributed by atoms with E-state index >= 15 is 0 Å². The molecule has 21 heavy (non-hydrogen) atoms. The number of aliphatic hydroxyl groups is 1. The van der Waals surface area contributed by atoms with Crippen LogP contribution in [0.4, 0.5) is 0 Å². The predicted octanol–water partition coefficient (Wildman–Crippen LogP) is 2.02. The summed E-state index contributed by atoms with van der Waals surface area (Å²) >= 11 is 0. The van der Waals surface area contributed by atoms with Gasteiger partial charge in [0.15, 0.2) is 0 Å². The first kappa shape index (κ1) is 16.8. The van der Waals surface area contributed by atoms with Gasteiger partial charge in [-0.25, -0.2) is 0 Å². The predicted molar refractivity (Wildman–Crippen MR) is 85.0 cm³/mol. The molecule has 2 fully saturated rings. The minimum atomic E-state index is 0.220. The molecular formula is C17H32N2O2. The number of hydrogen-bond acceptors (Lipinski definition) is 3. The monoisotopic (exact) mass is 296 g/mol. The van der Waals surface area contributed by atoms with Crippen LogP contribution in [0.3, 0.4) is 0 Å². The molecule has 4 nitrogen and oxygen atoms in total. The molecule has 2 atom stereocenters. The molecule has 2 heterocycles. The van der Waals surface area contributed by atoms with Crippen molar-refractivity contribution in [2.75, 3.05) is 32.8 Å². The quantitative estimate of drug-likeness (QED) is 0.788. The van der Waals surface area contributed by atoms with Gasteiger partial charge in [0.05, 0.1) is 0 Å². The van der Waals surface area contributed by atoms with Gasteiger partial charge in [0.2, 0.25) is 5.91 Å². The van der Waals surface area contributed by atoms with Gasteiger partial charge >= 0.3 is 0 Å². The van der Waals surface area contributed by atoms with Crippen LogP contribution in [-0.2, 0) is 4.79 Å². The summed E-state index contributed by atoms with van der Waals surface area (Å²) in [7, 11) is 0. The second-order valence-electron chi connectivity index (χ2n) is 6.78. The van der Waals surface area contributed by atoms with Crippen molar-refractivity contribution in [2.24, 2.45) is 17.8 Å². The largest absolute Gasteiger partial charge is 0.396 e. The summed E-state index contributed by atoms with van der Waals surface area (Å²) < 4.78 is 0. The lowest BCUT2D eigenvalue weighted by atomic mass is 9.82. The Labute approximate surface area is 129 Å². The summed E-state index contributed by atoms with van der Waals surface area (Å²) in [6, 6.07) is 0. The first-order valence-corrected chi connectivity index (χ1v) is 8.86. The number of nitrogens with zero attached hydrogens (tertiary/aromatic N) is 1. The maximum Gasteiger partial charge on any atom is 0.226 e. The first-order chi connectivity index (χ1) is 10.3. The zero-order valence-corrected chi connectivity index (χ0v) is 13.5. The number of rotatable bonds is 6. The van der Waals surface area contributed by atoms with Crippen LogP contribution in [-0.4, -0.2) is 48.7 Å². The number of carbonyl (C=O) groups excluding carboxylic acids is 1. The molecule has 0 aromatic carbocycles. The molecular weight excluding hydrogens is 264 g/mol. The molecule has 0 radical (unpaired) electrons. The van der Waals surface area contributed by atoms with Crippen molar-refractivity contribution >= 4 is 5.91 Å². The Kier molecular flexibility index (Phi) is 6.97. The number of piperidine rings is 2. The summed E-state index contributed by atoms with van der Waals surface area (Å²) in [5, 5.41) is 12.5. The Morgan fingerprint density at radius 2 is 2.10 bits per heavy atom. The van der Waals surface area contributed by atoms with Gasteiger partial charge in [0, 0.05) is 25.6 Å². The summed E-state index contributed by atoms with van der Waals surface area (Å²) in [6.07, 6.45) is 7.55. The third-order valence-electron chi connectivity index (χ3n) is 5.28. The summed E-state index contributed by atoms with van der Waals surface area (Å²) in [4.78, 5) is 15.0. The van der Waals surface area contributed by atoms with Gasteiger partial charge in [-0.15, -0.1) is 0 Å². The van der Waals surface area contributed by atoms with Crippen molar-refractivity contribution in [2.45, 2.75) is 51.9 Å². The Bertz CT molecular complexity index is 308. The number of aliphatic hydroxyl groups excluding tert-OH is 1. The lowest BCUT2D eigenvalue weighted by Gasteiger charge is -2.37. The smallest absolute Gasteiger partial charge is 0.226 e. The van der Waals surface area contributed by atoms with E-state index in [1.54, 1.807) is 0 Å². The lowest BCUT2D eigenvalue weighted by molar-refractivity contribution is -0.139. The van der Waals surface area contributed by atoms with E-state index in [2.05, 4.69) is 17.1 Å². The molecule has 122 valence electrons. The normalized spacial score (nSPS) is 25.8. The van der Waals surface area contributed by atoms with Crippen LogP contribution in [0, 0.1) is 17.8 Å². The fourth-order valence-electron chi connectivity index (χ4n) is 3.95. The second-order valence-corrected chi connectivity index (χ2v) is 6.78. The average molecular weight is 296 g/mol. The van der Waals surface area contributed by atoms with Crippen LogP contribution in [0.25, 0.3) is 0 Å².